The third kappa shape index (κ3) is 2.93. The van der Waals surface area contributed by atoms with Crippen molar-refractivity contribution >= 4 is 17.2 Å². The molecule has 1 aliphatic carbocycles. The number of likely N-dealkylation sites (tertiary alicyclic amines) is 1. The highest BCUT2D eigenvalue weighted by Gasteiger charge is 2.47. The SMILES string of the molecule is COc1ccc([C@@H]2C[C@@H]2C(=O)N2CCCC[C@H]2c2nccs2)cc1. The summed E-state index contributed by atoms with van der Waals surface area (Å²) in [6, 6.07) is 8.32. The van der Waals surface area contributed by atoms with Crippen molar-refractivity contribution in [2.24, 2.45) is 5.92 Å². The number of benzene rings is 1. The maximum Gasteiger partial charge on any atom is 0.226 e. The van der Waals surface area contributed by atoms with Gasteiger partial charge in [0, 0.05) is 24.0 Å². The van der Waals surface area contributed by atoms with Crippen LogP contribution in [0, 0.1) is 5.92 Å². The molecule has 1 aromatic carbocycles. The highest BCUT2D eigenvalue weighted by atomic mass is 32.1. The summed E-state index contributed by atoms with van der Waals surface area (Å²) < 4.78 is 5.21. The van der Waals surface area contributed by atoms with E-state index in [4.69, 9.17) is 4.74 Å². The molecule has 0 bridgehead atoms. The summed E-state index contributed by atoms with van der Waals surface area (Å²) in [4.78, 5) is 19.6. The van der Waals surface area contributed by atoms with Crippen molar-refractivity contribution in [1.29, 1.82) is 0 Å². The smallest absolute Gasteiger partial charge is 0.226 e. The Hall–Kier alpha value is -1.88. The lowest BCUT2D eigenvalue weighted by Crippen LogP contribution is -2.39. The molecule has 126 valence electrons. The molecular formula is C19H22N2O2S. The van der Waals surface area contributed by atoms with Crippen molar-refractivity contribution < 1.29 is 9.53 Å². The highest BCUT2D eigenvalue weighted by molar-refractivity contribution is 7.09. The number of thiazole rings is 1. The fourth-order valence-electron chi connectivity index (χ4n) is 3.75. The van der Waals surface area contributed by atoms with Gasteiger partial charge in [0.05, 0.1) is 13.2 Å². The maximum atomic E-state index is 13.1. The zero-order chi connectivity index (χ0) is 16.5. The van der Waals surface area contributed by atoms with Gasteiger partial charge >= 0.3 is 0 Å². The van der Waals surface area contributed by atoms with Crippen LogP contribution in [0.25, 0.3) is 0 Å². The van der Waals surface area contributed by atoms with E-state index in [-0.39, 0.29) is 12.0 Å². The molecule has 2 aliphatic rings. The van der Waals surface area contributed by atoms with Crippen molar-refractivity contribution in [3.63, 3.8) is 0 Å². The summed E-state index contributed by atoms with van der Waals surface area (Å²) in [5.41, 5.74) is 1.25. The Kier molecular flexibility index (Phi) is 4.27. The number of hydrogen-bond acceptors (Lipinski definition) is 4. The molecule has 2 aromatic rings. The average molecular weight is 342 g/mol. The predicted octanol–water partition coefficient (Wildman–Crippen LogP) is 4.01. The van der Waals surface area contributed by atoms with Gasteiger partial charge in [-0.3, -0.25) is 4.79 Å². The first kappa shape index (κ1) is 15.6. The number of carbonyl (C=O) groups is 1. The van der Waals surface area contributed by atoms with Gasteiger partial charge in [0.15, 0.2) is 0 Å². The summed E-state index contributed by atoms with van der Waals surface area (Å²) in [5, 5.41) is 3.09. The van der Waals surface area contributed by atoms with E-state index in [1.54, 1.807) is 18.4 Å². The van der Waals surface area contributed by atoms with E-state index >= 15 is 0 Å². The standard InChI is InChI=1S/C19H22N2O2S/c1-23-14-7-5-13(6-8-14)15-12-16(15)19(22)21-10-3-2-4-17(21)18-20-9-11-24-18/h5-9,11,15-17H,2-4,10,12H2,1H3/t15-,16-,17-/m0/s1. The minimum atomic E-state index is 0.138. The molecule has 0 spiro atoms. The maximum absolute atomic E-state index is 13.1. The van der Waals surface area contributed by atoms with Crippen LogP contribution in [0.5, 0.6) is 5.75 Å². The first-order chi connectivity index (χ1) is 11.8. The minimum Gasteiger partial charge on any atom is -0.497 e. The molecule has 4 rings (SSSR count). The number of methoxy groups -OCH3 is 1. The van der Waals surface area contributed by atoms with Crippen LogP contribution in [0.2, 0.25) is 0 Å². The number of ether oxygens (including phenoxy) is 1. The monoisotopic (exact) mass is 342 g/mol. The van der Waals surface area contributed by atoms with Gasteiger partial charge in [0.2, 0.25) is 5.91 Å². The molecule has 0 N–H and O–H groups in total. The minimum absolute atomic E-state index is 0.138. The molecule has 0 radical (unpaired) electrons. The summed E-state index contributed by atoms with van der Waals surface area (Å²) in [6.07, 6.45) is 6.13. The van der Waals surface area contributed by atoms with Crippen LogP contribution in [0.4, 0.5) is 0 Å². The van der Waals surface area contributed by atoms with E-state index < -0.39 is 0 Å². The van der Waals surface area contributed by atoms with Gasteiger partial charge in [-0.1, -0.05) is 12.1 Å². The Morgan fingerprint density at radius 1 is 1.29 bits per heavy atom. The molecule has 1 aromatic heterocycles. The van der Waals surface area contributed by atoms with Gasteiger partial charge in [-0.05, 0) is 49.3 Å². The Labute approximate surface area is 146 Å². The molecule has 4 nitrogen and oxygen atoms in total. The average Bonchev–Trinajstić information content (AvgIpc) is 3.25. The van der Waals surface area contributed by atoms with Crippen LogP contribution in [0.3, 0.4) is 0 Å². The number of piperidine rings is 1. The second kappa shape index (κ2) is 6.55. The van der Waals surface area contributed by atoms with Gasteiger partial charge in [-0.25, -0.2) is 4.98 Å². The van der Waals surface area contributed by atoms with Crippen LogP contribution in [0.1, 0.15) is 48.2 Å². The van der Waals surface area contributed by atoms with E-state index in [1.807, 2.05) is 23.7 Å². The lowest BCUT2D eigenvalue weighted by Gasteiger charge is -2.34. The fourth-order valence-corrected chi connectivity index (χ4v) is 4.54. The molecule has 5 heteroatoms. The third-order valence-corrected chi connectivity index (χ3v) is 6.05. The van der Waals surface area contributed by atoms with Crippen LogP contribution in [-0.2, 0) is 4.79 Å². The second-order valence-corrected chi connectivity index (χ2v) is 7.56. The fraction of sp³-hybridized carbons (Fsp3) is 0.474. The summed E-state index contributed by atoms with van der Waals surface area (Å²) in [7, 11) is 1.67. The number of rotatable bonds is 4. The normalized spacial score (nSPS) is 26.2. The van der Waals surface area contributed by atoms with Crippen molar-refractivity contribution in [3.05, 3.63) is 46.4 Å². The zero-order valence-electron chi connectivity index (χ0n) is 13.9. The zero-order valence-corrected chi connectivity index (χ0v) is 14.7. The first-order valence-electron chi connectivity index (χ1n) is 8.61. The summed E-state index contributed by atoms with van der Waals surface area (Å²) in [6.45, 7) is 0.870. The van der Waals surface area contributed by atoms with Crippen molar-refractivity contribution in [1.82, 2.24) is 9.88 Å². The number of aromatic nitrogens is 1. The molecule has 3 atom stereocenters. The molecule has 1 amide bonds. The molecular weight excluding hydrogens is 320 g/mol. The number of amides is 1. The van der Waals surface area contributed by atoms with E-state index in [1.165, 1.54) is 12.0 Å². The van der Waals surface area contributed by atoms with Crippen LogP contribution >= 0.6 is 11.3 Å². The van der Waals surface area contributed by atoms with Crippen LogP contribution < -0.4 is 4.74 Å². The molecule has 0 unspecified atom stereocenters. The largest absolute Gasteiger partial charge is 0.497 e. The van der Waals surface area contributed by atoms with E-state index in [0.717, 1.165) is 36.6 Å². The molecule has 1 saturated carbocycles. The topological polar surface area (TPSA) is 42.4 Å². The Morgan fingerprint density at radius 2 is 2.12 bits per heavy atom. The van der Waals surface area contributed by atoms with E-state index in [9.17, 15) is 4.79 Å². The molecule has 24 heavy (non-hydrogen) atoms. The van der Waals surface area contributed by atoms with E-state index in [2.05, 4.69) is 22.0 Å². The summed E-state index contributed by atoms with van der Waals surface area (Å²) >= 11 is 1.67. The van der Waals surface area contributed by atoms with Gasteiger partial charge in [-0.2, -0.15) is 0 Å². The van der Waals surface area contributed by atoms with Gasteiger partial charge in [-0.15, -0.1) is 11.3 Å². The van der Waals surface area contributed by atoms with Crippen LogP contribution in [0.15, 0.2) is 35.8 Å². The number of nitrogens with zero attached hydrogens (tertiary/aromatic N) is 2. The van der Waals surface area contributed by atoms with Gasteiger partial charge in [0.25, 0.3) is 0 Å². The number of carbonyl (C=O) groups excluding carboxylic acids is 1. The second-order valence-electron chi connectivity index (χ2n) is 6.64. The first-order valence-corrected chi connectivity index (χ1v) is 9.49. The highest BCUT2D eigenvalue weighted by Crippen LogP contribution is 2.50. The Morgan fingerprint density at radius 3 is 2.83 bits per heavy atom. The quantitative estimate of drug-likeness (QED) is 0.843. The third-order valence-electron chi connectivity index (χ3n) is 5.17. The van der Waals surface area contributed by atoms with Crippen LogP contribution in [-0.4, -0.2) is 29.4 Å². The lowest BCUT2D eigenvalue weighted by atomic mass is 10.0. The van der Waals surface area contributed by atoms with E-state index in [0.29, 0.717) is 11.8 Å². The van der Waals surface area contributed by atoms with Gasteiger partial charge in [0.1, 0.15) is 10.8 Å². The lowest BCUT2D eigenvalue weighted by molar-refractivity contribution is -0.136. The molecule has 2 fully saturated rings. The Bertz CT molecular complexity index is 699. The molecule has 2 heterocycles. The predicted molar refractivity (Wildman–Crippen MR) is 94.3 cm³/mol. The Balaban J connectivity index is 1.47. The van der Waals surface area contributed by atoms with Gasteiger partial charge < -0.3 is 9.64 Å². The van der Waals surface area contributed by atoms with Crippen molar-refractivity contribution in [2.45, 2.75) is 37.6 Å². The van der Waals surface area contributed by atoms with Crippen molar-refractivity contribution in [2.75, 3.05) is 13.7 Å². The molecule has 1 saturated heterocycles. The van der Waals surface area contributed by atoms with Crippen molar-refractivity contribution in [3.8, 4) is 5.75 Å². The summed E-state index contributed by atoms with van der Waals surface area (Å²) in [5.74, 6) is 1.68. The molecule has 1 aliphatic heterocycles. The number of hydrogen-bond donors (Lipinski definition) is 0.